The molecule has 8 heteroatoms. The van der Waals surface area contributed by atoms with Crippen LogP contribution in [-0.4, -0.2) is 31.5 Å². The molecule has 1 amide bonds. The minimum Gasteiger partial charge on any atom is -0.477 e. The summed E-state index contributed by atoms with van der Waals surface area (Å²) >= 11 is 1.23. The molecule has 0 atom stereocenters. The van der Waals surface area contributed by atoms with Crippen LogP contribution in [0.5, 0.6) is 0 Å². The van der Waals surface area contributed by atoms with Gasteiger partial charge in [0, 0.05) is 29.2 Å². The van der Waals surface area contributed by atoms with Crippen LogP contribution >= 0.6 is 11.3 Å². The third kappa shape index (κ3) is 3.42. The Kier molecular flexibility index (Phi) is 4.76. The van der Waals surface area contributed by atoms with E-state index in [1.54, 1.807) is 42.7 Å². The number of benzene rings is 2. The maximum atomic E-state index is 11.5. The SMILES string of the molecule is NC(=O)c1ccc(-n2c(-c3ccc(-c4cncnc4)cc3)cc3sc(C(=O)O)cc32)cc1. The first-order chi connectivity index (χ1) is 15.5. The molecule has 0 aliphatic carbocycles. The molecular weight excluding hydrogens is 424 g/mol. The molecule has 0 saturated heterocycles. The van der Waals surface area contributed by atoms with Crippen LogP contribution in [0.4, 0.5) is 0 Å². The van der Waals surface area contributed by atoms with Crippen LogP contribution in [0.3, 0.4) is 0 Å². The minimum absolute atomic E-state index is 0.267. The second-order valence-electron chi connectivity index (χ2n) is 7.15. The van der Waals surface area contributed by atoms with E-state index in [9.17, 15) is 14.7 Å². The number of aromatic nitrogens is 3. The highest BCUT2D eigenvalue weighted by Crippen LogP contribution is 2.37. The van der Waals surface area contributed by atoms with Crippen LogP contribution in [0.2, 0.25) is 0 Å². The van der Waals surface area contributed by atoms with Gasteiger partial charge in [-0.05, 0) is 47.5 Å². The highest BCUT2D eigenvalue weighted by molar-refractivity contribution is 7.20. The average molecular weight is 440 g/mol. The van der Waals surface area contributed by atoms with E-state index in [0.717, 1.165) is 38.3 Å². The third-order valence-corrected chi connectivity index (χ3v) is 6.24. The molecule has 32 heavy (non-hydrogen) atoms. The summed E-state index contributed by atoms with van der Waals surface area (Å²) in [5.74, 6) is -1.46. The van der Waals surface area contributed by atoms with E-state index >= 15 is 0 Å². The van der Waals surface area contributed by atoms with Crippen molar-refractivity contribution in [2.75, 3.05) is 0 Å². The van der Waals surface area contributed by atoms with Crippen LogP contribution in [0.25, 0.3) is 38.3 Å². The van der Waals surface area contributed by atoms with Crippen molar-refractivity contribution in [3.8, 4) is 28.1 Å². The molecule has 0 saturated carbocycles. The zero-order valence-corrected chi connectivity index (χ0v) is 17.4. The maximum absolute atomic E-state index is 11.5. The van der Waals surface area contributed by atoms with E-state index in [0.29, 0.717) is 5.56 Å². The van der Waals surface area contributed by atoms with Gasteiger partial charge in [-0.3, -0.25) is 4.79 Å². The first-order valence-electron chi connectivity index (χ1n) is 9.66. The van der Waals surface area contributed by atoms with Crippen LogP contribution in [0.15, 0.2) is 79.4 Å². The summed E-state index contributed by atoms with van der Waals surface area (Å²) in [6, 6.07) is 18.6. The van der Waals surface area contributed by atoms with Gasteiger partial charge in [-0.1, -0.05) is 24.3 Å². The van der Waals surface area contributed by atoms with Crippen molar-refractivity contribution < 1.29 is 14.7 Å². The number of fused-ring (bicyclic) bond motifs is 1. The highest BCUT2D eigenvalue weighted by atomic mass is 32.1. The molecule has 5 aromatic rings. The van der Waals surface area contributed by atoms with Gasteiger partial charge in [-0.15, -0.1) is 11.3 Å². The summed E-state index contributed by atoms with van der Waals surface area (Å²) < 4.78 is 2.85. The molecule has 0 radical (unpaired) electrons. The van der Waals surface area contributed by atoms with Gasteiger partial charge in [0.25, 0.3) is 0 Å². The molecule has 7 nitrogen and oxygen atoms in total. The van der Waals surface area contributed by atoms with Crippen molar-refractivity contribution in [2.45, 2.75) is 0 Å². The lowest BCUT2D eigenvalue weighted by molar-refractivity contribution is 0.0702. The van der Waals surface area contributed by atoms with Crippen LogP contribution in [0, 0.1) is 0 Å². The number of aromatic carboxylic acids is 1. The topological polar surface area (TPSA) is 111 Å². The summed E-state index contributed by atoms with van der Waals surface area (Å²) in [6.07, 6.45) is 5.01. The van der Waals surface area contributed by atoms with Gasteiger partial charge >= 0.3 is 5.97 Å². The third-order valence-electron chi connectivity index (χ3n) is 5.19. The van der Waals surface area contributed by atoms with Gasteiger partial charge in [0.2, 0.25) is 5.91 Å². The molecule has 5 rings (SSSR count). The molecule has 0 unspecified atom stereocenters. The van der Waals surface area contributed by atoms with E-state index in [4.69, 9.17) is 5.73 Å². The first-order valence-corrected chi connectivity index (χ1v) is 10.5. The number of primary amides is 1. The van der Waals surface area contributed by atoms with E-state index in [1.807, 2.05) is 34.9 Å². The zero-order chi connectivity index (χ0) is 22.2. The summed E-state index contributed by atoms with van der Waals surface area (Å²) in [6.45, 7) is 0. The molecular formula is C24H16N4O3S. The predicted molar refractivity (Wildman–Crippen MR) is 123 cm³/mol. The molecule has 0 bridgehead atoms. The standard InChI is InChI=1S/C24H16N4O3S/c25-23(29)16-5-7-18(8-6-16)28-19(9-21-20(28)10-22(32-21)24(30)31)15-3-1-14(2-4-15)17-11-26-13-27-12-17/h1-13H,(H2,25,29)(H,30,31). The average Bonchev–Trinajstić information content (AvgIpc) is 3.38. The number of amides is 1. The van der Waals surface area contributed by atoms with Crippen molar-refractivity contribution in [3.05, 3.63) is 89.8 Å². The summed E-state index contributed by atoms with van der Waals surface area (Å²) in [5.41, 5.74) is 11.2. The van der Waals surface area contributed by atoms with Gasteiger partial charge in [-0.25, -0.2) is 14.8 Å². The maximum Gasteiger partial charge on any atom is 0.345 e. The molecule has 156 valence electrons. The number of nitrogens with two attached hydrogens (primary N) is 1. The Balaban J connectivity index is 1.65. The second kappa shape index (κ2) is 7.75. The van der Waals surface area contributed by atoms with Crippen molar-refractivity contribution in [1.82, 2.24) is 14.5 Å². The molecule has 3 N–H and O–H groups in total. The lowest BCUT2D eigenvalue weighted by Gasteiger charge is -2.12. The van der Waals surface area contributed by atoms with E-state index < -0.39 is 11.9 Å². The second-order valence-corrected chi connectivity index (χ2v) is 8.23. The molecule has 3 heterocycles. The molecule has 0 aliphatic rings. The normalized spacial score (nSPS) is 11.0. The number of rotatable bonds is 5. The van der Waals surface area contributed by atoms with Gasteiger partial charge in [0.15, 0.2) is 0 Å². The molecule has 3 aromatic heterocycles. The fourth-order valence-corrected chi connectivity index (χ4v) is 4.56. The van der Waals surface area contributed by atoms with Gasteiger partial charge in [-0.2, -0.15) is 0 Å². The Morgan fingerprint density at radius 1 is 0.875 bits per heavy atom. The number of hydrogen-bond donors (Lipinski definition) is 2. The van der Waals surface area contributed by atoms with Crippen molar-refractivity contribution >= 4 is 33.4 Å². The number of thiophene rings is 1. The van der Waals surface area contributed by atoms with Crippen LogP contribution < -0.4 is 5.73 Å². The fourth-order valence-electron chi connectivity index (χ4n) is 3.64. The minimum atomic E-state index is -0.960. The smallest absolute Gasteiger partial charge is 0.345 e. The lowest BCUT2D eigenvalue weighted by atomic mass is 10.1. The number of hydrogen-bond acceptors (Lipinski definition) is 5. The Morgan fingerprint density at radius 3 is 2.16 bits per heavy atom. The van der Waals surface area contributed by atoms with Gasteiger partial charge < -0.3 is 15.4 Å². The zero-order valence-electron chi connectivity index (χ0n) is 16.6. The number of nitrogens with zero attached hydrogens (tertiary/aromatic N) is 3. The Morgan fingerprint density at radius 2 is 1.53 bits per heavy atom. The Bertz CT molecular complexity index is 1450. The van der Waals surface area contributed by atoms with Crippen molar-refractivity contribution in [3.63, 3.8) is 0 Å². The van der Waals surface area contributed by atoms with Crippen molar-refractivity contribution in [2.24, 2.45) is 5.73 Å². The van der Waals surface area contributed by atoms with Crippen LogP contribution in [0.1, 0.15) is 20.0 Å². The number of carbonyl (C=O) groups is 2. The number of carboxylic acid groups (broad SMARTS) is 1. The van der Waals surface area contributed by atoms with Gasteiger partial charge in [0.05, 0.1) is 15.9 Å². The quantitative estimate of drug-likeness (QED) is 0.414. The number of carbonyl (C=O) groups excluding carboxylic acids is 1. The van der Waals surface area contributed by atoms with E-state index in [1.165, 1.54) is 17.7 Å². The Hall–Kier alpha value is -4.30. The Labute approximate surface area is 186 Å². The summed E-state index contributed by atoms with van der Waals surface area (Å²) in [7, 11) is 0. The van der Waals surface area contributed by atoms with Crippen LogP contribution in [-0.2, 0) is 0 Å². The first kappa shape index (κ1) is 19.7. The number of carboxylic acids is 1. The van der Waals surface area contributed by atoms with Crippen molar-refractivity contribution in [1.29, 1.82) is 0 Å². The molecule has 2 aromatic carbocycles. The van der Waals surface area contributed by atoms with E-state index in [2.05, 4.69) is 9.97 Å². The fraction of sp³-hybridized carbons (Fsp3) is 0. The lowest BCUT2D eigenvalue weighted by Crippen LogP contribution is -2.10. The largest absolute Gasteiger partial charge is 0.477 e. The monoisotopic (exact) mass is 440 g/mol. The molecule has 0 spiro atoms. The van der Waals surface area contributed by atoms with Gasteiger partial charge in [0.1, 0.15) is 11.2 Å². The summed E-state index contributed by atoms with van der Waals surface area (Å²) in [4.78, 5) is 31.4. The molecule has 0 aliphatic heterocycles. The predicted octanol–water partition coefficient (Wildman–Crippen LogP) is 4.61. The highest BCUT2D eigenvalue weighted by Gasteiger charge is 2.18. The summed E-state index contributed by atoms with van der Waals surface area (Å²) in [5, 5.41) is 9.43. The van der Waals surface area contributed by atoms with E-state index in [-0.39, 0.29) is 4.88 Å². The molecule has 0 fully saturated rings.